The highest BCUT2D eigenvalue weighted by Crippen LogP contribution is 2.21. The lowest BCUT2D eigenvalue weighted by atomic mass is 10.0. The third-order valence-electron chi connectivity index (χ3n) is 4.38. The van der Waals surface area contributed by atoms with Crippen LogP contribution in [0.5, 0.6) is 11.5 Å². The van der Waals surface area contributed by atoms with E-state index in [1.807, 2.05) is 18.2 Å². The van der Waals surface area contributed by atoms with Gasteiger partial charge >= 0.3 is 0 Å². The van der Waals surface area contributed by atoms with E-state index < -0.39 is 0 Å². The van der Waals surface area contributed by atoms with Crippen molar-refractivity contribution in [1.29, 1.82) is 0 Å². The van der Waals surface area contributed by atoms with Crippen molar-refractivity contribution in [2.45, 2.75) is 18.9 Å². The van der Waals surface area contributed by atoms with Crippen LogP contribution < -0.4 is 20.1 Å². The lowest BCUT2D eigenvalue weighted by Gasteiger charge is -2.25. The van der Waals surface area contributed by atoms with Gasteiger partial charge in [0.2, 0.25) is 0 Å². The number of ether oxygens (including phenoxy) is 2. The summed E-state index contributed by atoms with van der Waals surface area (Å²) in [4.78, 5) is 0. The highest BCUT2D eigenvalue weighted by molar-refractivity contribution is 5.35. The van der Waals surface area contributed by atoms with Gasteiger partial charge in [0.15, 0.2) is 0 Å². The van der Waals surface area contributed by atoms with Gasteiger partial charge in [0.25, 0.3) is 0 Å². The van der Waals surface area contributed by atoms with Gasteiger partial charge < -0.3 is 20.1 Å². The van der Waals surface area contributed by atoms with E-state index in [-0.39, 0.29) is 0 Å². The van der Waals surface area contributed by atoms with Gasteiger partial charge in [-0.15, -0.1) is 0 Å². The van der Waals surface area contributed by atoms with E-state index in [0.717, 1.165) is 44.0 Å². The van der Waals surface area contributed by atoms with Gasteiger partial charge in [-0.2, -0.15) is 0 Å². The second-order valence-electron chi connectivity index (χ2n) is 6.12. The summed E-state index contributed by atoms with van der Waals surface area (Å²) in [6.45, 7) is 3.71. The molecule has 0 saturated carbocycles. The molecule has 0 unspecified atom stereocenters. The SMILES string of the molecule is COc1ccc(CCc2ccccc2OC[C@H]2CNCCN2)cc1. The molecule has 2 aromatic rings. The Kier molecular flexibility index (Phi) is 6.10. The van der Waals surface area contributed by atoms with Crippen LogP contribution in [0.15, 0.2) is 48.5 Å². The van der Waals surface area contributed by atoms with Crippen molar-refractivity contribution in [3.05, 3.63) is 59.7 Å². The van der Waals surface area contributed by atoms with E-state index >= 15 is 0 Å². The summed E-state index contributed by atoms with van der Waals surface area (Å²) in [6, 6.07) is 17.0. The highest BCUT2D eigenvalue weighted by atomic mass is 16.5. The monoisotopic (exact) mass is 326 g/mol. The smallest absolute Gasteiger partial charge is 0.122 e. The lowest BCUT2D eigenvalue weighted by Crippen LogP contribution is -2.51. The van der Waals surface area contributed by atoms with E-state index in [2.05, 4.69) is 41.0 Å². The molecule has 0 amide bonds. The molecule has 128 valence electrons. The standard InChI is InChI=1S/C20H26N2O2/c1-23-19-10-7-16(8-11-19)6-9-17-4-2-3-5-20(17)24-15-18-14-21-12-13-22-18/h2-5,7-8,10-11,18,21-22H,6,9,12-15H2,1H3/t18-/m1/s1. The summed E-state index contributed by atoms with van der Waals surface area (Å²) < 4.78 is 11.3. The van der Waals surface area contributed by atoms with Gasteiger partial charge in [-0.05, 0) is 42.2 Å². The Bertz CT molecular complexity index is 622. The second kappa shape index (κ2) is 8.71. The molecule has 0 aliphatic carbocycles. The maximum atomic E-state index is 6.08. The van der Waals surface area contributed by atoms with Crippen LogP contribution in [0, 0.1) is 0 Å². The second-order valence-corrected chi connectivity index (χ2v) is 6.12. The summed E-state index contributed by atoms with van der Waals surface area (Å²) >= 11 is 0. The number of methoxy groups -OCH3 is 1. The van der Waals surface area contributed by atoms with E-state index in [1.54, 1.807) is 7.11 Å². The molecule has 4 heteroatoms. The zero-order valence-electron chi connectivity index (χ0n) is 14.3. The van der Waals surface area contributed by atoms with Gasteiger partial charge in [-0.3, -0.25) is 0 Å². The lowest BCUT2D eigenvalue weighted by molar-refractivity contribution is 0.245. The van der Waals surface area contributed by atoms with Crippen molar-refractivity contribution in [2.75, 3.05) is 33.4 Å². The zero-order chi connectivity index (χ0) is 16.6. The van der Waals surface area contributed by atoms with Crippen molar-refractivity contribution in [3.8, 4) is 11.5 Å². The van der Waals surface area contributed by atoms with Gasteiger partial charge in [0, 0.05) is 19.6 Å². The van der Waals surface area contributed by atoms with Crippen LogP contribution in [0.4, 0.5) is 0 Å². The van der Waals surface area contributed by atoms with Crippen molar-refractivity contribution < 1.29 is 9.47 Å². The molecule has 24 heavy (non-hydrogen) atoms. The molecule has 1 aliphatic rings. The van der Waals surface area contributed by atoms with Crippen LogP contribution in [0.25, 0.3) is 0 Å². The topological polar surface area (TPSA) is 42.5 Å². The Morgan fingerprint density at radius 3 is 2.58 bits per heavy atom. The molecule has 1 aliphatic heterocycles. The molecule has 1 heterocycles. The normalized spacial score (nSPS) is 17.5. The molecule has 1 saturated heterocycles. The minimum Gasteiger partial charge on any atom is -0.497 e. The predicted octanol–water partition coefficient (Wildman–Crippen LogP) is 2.42. The number of aryl methyl sites for hydroxylation is 2. The molecule has 1 fully saturated rings. The fourth-order valence-electron chi connectivity index (χ4n) is 2.94. The number of hydrogen-bond acceptors (Lipinski definition) is 4. The molecular weight excluding hydrogens is 300 g/mol. The predicted molar refractivity (Wildman–Crippen MR) is 97.0 cm³/mol. The van der Waals surface area contributed by atoms with E-state index in [0.29, 0.717) is 12.6 Å². The number of rotatable bonds is 7. The largest absolute Gasteiger partial charge is 0.497 e. The van der Waals surface area contributed by atoms with Crippen LogP contribution >= 0.6 is 0 Å². The first-order chi connectivity index (χ1) is 11.8. The van der Waals surface area contributed by atoms with Gasteiger partial charge in [-0.25, -0.2) is 0 Å². The number of hydrogen-bond donors (Lipinski definition) is 2. The molecule has 0 radical (unpaired) electrons. The summed E-state index contributed by atoms with van der Waals surface area (Å²) in [7, 11) is 1.69. The van der Waals surface area contributed by atoms with Crippen LogP contribution in [-0.4, -0.2) is 39.4 Å². The van der Waals surface area contributed by atoms with Crippen molar-refractivity contribution in [3.63, 3.8) is 0 Å². The minimum absolute atomic E-state index is 0.383. The number of piperazine rings is 1. The maximum absolute atomic E-state index is 6.08. The van der Waals surface area contributed by atoms with Crippen molar-refractivity contribution in [1.82, 2.24) is 10.6 Å². The van der Waals surface area contributed by atoms with Crippen LogP contribution in [0.1, 0.15) is 11.1 Å². The van der Waals surface area contributed by atoms with Gasteiger partial charge in [-0.1, -0.05) is 30.3 Å². The third kappa shape index (κ3) is 4.73. The molecule has 0 spiro atoms. The summed E-state index contributed by atoms with van der Waals surface area (Å²) in [5, 5.41) is 6.87. The summed E-state index contributed by atoms with van der Waals surface area (Å²) in [5.74, 6) is 1.90. The van der Waals surface area contributed by atoms with Crippen LogP contribution in [-0.2, 0) is 12.8 Å². The first kappa shape index (κ1) is 16.8. The molecule has 2 N–H and O–H groups in total. The minimum atomic E-state index is 0.383. The molecule has 4 nitrogen and oxygen atoms in total. The Morgan fingerprint density at radius 2 is 1.83 bits per heavy atom. The average Bonchev–Trinajstić information content (AvgIpc) is 2.66. The summed E-state index contributed by atoms with van der Waals surface area (Å²) in [5.41, 5.74) is 2.57. The zero-order valence-corrected chi connectivity index (χ0v) is 14.3. The first-order valence-corrected chi connectivity index (χ1v) is 8.63. The van der Waals surface area contributed by atoms with Crippen LogP contribution in [0.3, 0.4) is 0 Å². The molecule has 1 atom stereocenters. The Labute approximate surface area is 144 Å². The average molecular weight is 326 g/mol. The molecule has 0 aromatic heterocycles. The maximum Gasteiger partial charge on any atom is 0.122 e. The third-order valence-corrected chi connectivity index (χ3v) is 4.38. The molecular formula is C20H26N2O2. The number of benzene rings is 2. The van der Waals surface area contributed by atoms with Crippen molar-refractivity contribution in [2.24, 2.45) is 0 Å². The van der Waals surface area contributed by atoms with E-state index in [9.17, 15) is 0 Å². The quantitative estimate of drug-likeness (QED) is 0.820. The molecule has 2 aromatic carbocycles. The van der Waals surface area contributed by atoms with Gasteiger partial charge in [0.1, 0.15) is 18.1 Å². The Balaban J connectivity index is 1.56. The Hall–Kier alpha value is -2.04. The highest BCUT2D eigenvalue weighted by Gasteiger charge is 2.13. The number of para-hydroxylation sites is 1. The van der Waals surface area contributed by atoms with E-state index in [4.69, 9.17) is 9.47 Å². The van der Waals surface area contributed by atoms with Crippen molar-refractivity contribution >= 4 is 0 Å². The first-order valence-electron chi connectivity index (χ1n) is 8.63. The van der Waals surface area contributed by atoms with E-state index in [1.165, 1.54) is 11.1 Å². The fourth-order valence-corrected chi connectivity index (χ4v) is 2.94. The fraction of sp³-hybridized carbons (Fsp3) is 0.400. The number of nitrogens with one attached hydrogen (secondary N) is 2. The Morgan fingerprint density at radius 1 is 1.00 bits per heavy atom. The summed E-state index contributed by atoms with van der Waals surface area (Å²) in [6.07, 6.45) is 1.96. The van der Waals surface area contributed by atoms with Crippen LogP contribution in [0.2, 0.25) is 0 Å². The molecule has 0 bridgehead atoms. The van der Waals surface area contributed by atoms with Gasteiger partial charge in [0.05, 0.1) is 13.2 Å². The molecule has 3 rings (SSSR count).